The number of phenols is 1. The van der Waals surface area contributed by atoms with E-state index in [9.17, 15) is 19.5 Å². The molecule has 0 spiro atoms. The zero-order chi connectivity index (χ0) is 28.1. The Bertz CT molecular complexity index is 1720. The number of carbonyl (C=O) groups is 2. The summed E-state index contributed by atoms with van der Waals surface area (Å²) in [6, 6.07) is 11.5. The van der Waals surface area contributed by atoms with Gasteiger partial charge in [-0.25, -0.2) is 14.6 Å². The molecule has 4 aromatic rings. The van der Waals surface area contributed by atoms with Crippen LogP contribution in [0, 0.1) is 6.92 Å². The number of nitrogens with zero attached hydrogens (tertiary/aromatic N) is 4. The van der Waals surface area contributed by atoms with Crippen LogP contribution in [0.15, 0.2) is 51.7 Å². The molecule has 2 aliphatic heterocycles. The minimum absolute atomic E-state index is 0.0506. The highest BCUT2D eigenvalue weighted by Crippen LogP contribution is 2.30. The number of aromatic hydroxyl groups is 1. The number of nitrogens with one attached hydrogen (secondary N) is 1. The van der Waals surface area contributed by atoms with E-state index in [4.69, 9.17) is 16.0 Å². The molecular weight excluding hydrogens is 534 g/mol. The minimum Gasteiger partial charge on any atom is -0.508 e. The van der Waals surface area contributed by atoms with Gasteiger partial charge >= 0.3 is 11.8 Å². The molecule has 206 valence electrons. The first-order chi connectivity index (χ1) is 19.2. The molecule has 4 heterocycles. The number of aromatic nitrogens is 2. The van der Waals surface area contributed by atoms with Crippen molar-refractivity contribution >= 4 is 46.0 Å². The van der Waals surface area contributed by atoms with E-state index in [2.05, 4.69) is 15.2 Å². The van der Waals surface area contributed by atoms with Crippen molar-refractivity contribution < 1.29 is 19.1 Å². The average molecular weight is 562 g/mol. The monoisotopic (exact) mass is 561 g/mol. The molecule has 1 saturated heterocycles. The van der Waals surface area contributed by atoms with E-state index in [1.165, 1.54) is 10.6 Å². The number of anilines is 2. The lowest BCUT2D eigenvalue weighted by atomic mass is 10.0. The number of pyridine rings is 1. The van der Waals surface area contributed by atoms with Crippen LogP contribution in [0.25, 0.3) is 11.1 Å². The number of piperidine rings is 1. The van der Waals surface area contributed by atoms with Crippen molar-refractivity contribution in [3.63, 3.8) is 0 Å². The predicted octanol–water partition coefficient (Wildman–Crippen LogP) is 4.48. The summed E-state index contributed by atoms with van der Waals surface area (Å²) in [5, 5.41) is 13.0. The van der Waals surface area contributed by atoms with Crippen molar-refractivity contribution in [2.45, 2.75) is 32.2 Å². The second-order valence-electron chi connectivity index (χ2n) is 10.4. The van der Waals surface area contributed by atoms with E-state index in [-0.39, 0.29) is 28.8 Å². The Balaban J connectivity index is 1.18. The summed E-state index contributed by atoms with van der Waals surface area (Å²) in [5.74, 6) is 0.0520. The molecule has 2 N–H and O–H groups in total. The lowest BCUT2D eigenvalue weighted by Crippen LogP contribution is -2.49. The van der Waals surface area contributed by atoms with Crippen molar-refractivity contribution in [1.29, 1.82) is 0 Å². The molecule has 1 fully saturated rings. The smallest absolute Gasteiger partial charge is 0.419 e. The van der Waals surface area contributed by atoms with Gasteiger partial charge in [-0.2, -0.15) is 0 Å². The van der Waals surface area contributed by atoms with Gasteiger partial charge in [0.1, 0.15) is 16.7 Å². The van der Waals surface area contributed by atoms with Crippen LogP contribution in [-0.4, -0.2) is 57.0 Å². The lowest BCUT2D eigenvalue weighted by molar-refractivity contribution is 0.103. The van der Waals surface area contributed by atoms with Gasteiger partial charge in [0.2, 0.25) is 0 Å². The van der Waals surface area contributed by atoms with Crippen LogP contribution in [0.3, 0.4) is 0 Å². The number of hydrogen-bond donors (Lipinski definition) is 2. The van der Waals surface area contributed by atoms with E-state index in [1.54, 1.807) is 43.4 Å². The Morgan fingerprint density at radius 1 is 1.07 bits per heavy atom. The van der Waals surface area contributed by atoms with E-state index in [0.717, 1.165) is 29.7 Å². The van der Waals surface area contributed by atoms with Gasteiger partial charge in [0.05, 0.1) is 5.52 Å². The third kappa shape index (κ3) is 4.68. The third-order valence-electron chi connectivity index (χ3n) is 7.82. The average Bonchev–Trinajstić information content (AvgIpc) is 3.12. The molecule has 0 bridgehead atoms. The van der Waals surface area contributed by atoms with Crippen molar-refractivity contribution in [3.8, 4) is 5.75 Å². The molecule has 0 saturated carbocycles. The number of oxazole rings is 1. The van der Waals surface area contributed by atoms with Gasteiger partial charge in [0.25, 0.3) is 0 Å². The Hall–Kier alpha value is -4.31. The zero-order valence-electron chi connectivity index (χ0n) is 22.1. The normalized spacial score (nSPS) is 16.1. The highest BCUT2D eigenvalue weighted by Gasteiger charge is 2.31. The number of aryl methyl sites for hydroxylation is 2. The number of ketones is 1. The molecule has 0 aliphatic carbocycles. The largest absolute Gasteiger partial charge is 0.508 e. The van der Waals surface area contributed by atoms with Gasteiger partial charge in [-0.1, -0.05) is 11.6 Å². The van der Waals surface area contributed by atoms with Gasteiger partial charge in [-0.3, -0.25) is 9.36 Å². The van der Waals surface area contributed by atoms with Crippen LogP contribution >= 0.6 is 11.6 Å². The maximum atomic E-state index is 13.5. The Morgan fingerprint density at radius 2 is 1.82 bits per heavy atom. The molecule has 10 nitrogen and oxygen atoms in total. The number of amides is 2. The SMILES string of the molecule is Cc1cc(C(=O)c2cc(Cl)nc(N3CCC(N4CCc5cc(O)ccc5NC4=O)CC3)c2)cc2oc(=O)n(C)c12. The van der Waals surface area contributed by atoms with Gasteiger partial charge in [0.15, 0.2) is 11.4 Å². The van der Waals surface area contributed by atoms with Crippen molar-refractivity contribution in [1.82, 2.24) is 14.5 Å². The number of halogens is 1. The van der Waals surface area contributed by atoms with Crippen LogP contribution in [0.5, 0.6) is 5.75 Å². The molecule has 2 aromatic heterocycles. The van der Waals surface area contributed by atoms with Crippen molar-refractivity contribution in [2.24, 2.45) is 7.05 Å². The summed E-state index contributed by atoms with van der Waals surface area (Å²) in [7, 11) is 1.63. The summed E-state index contributed by atoms with van der Waals surface area (Å²) in [6.07, 6.45) is 2.12. The molecule has 2 aromatic carbocycles. The molecular formula is C29H28ClN5O5. The lowest BCUT2D eigenvalue weighted by Gasteiger charge is -2.38. The third-order valence-corrected chi connectivity index (χ3v) is 8.01. The molecule has 0 radical (unpaired) electrons. The first-order valence-corrected chi connectivity index (χ1v) is 13.5. The zero-order valence-corrected chi connectivity index (χ0v) is 22.9. The first-order valence-electron chi connectivity index (χ1n) is 13.1. The summed E-state index contributed by atoms with van der Waals surface area (Å²) >= 11 is 6.36. The summed E-state index contributed by atoms with van der Waals surface area (Å²) in [6.45, 7) is 3.68. The van der Waals surface area contributed by atoms with Crippen LogP contribution in [0.1, 0.15) is 39.9 Å². The molecule has 0 unspecified atom stereocenters. The minimum atomic E-state index is -0.484. The van der Waals surface area contributed by atoms with Gasteiger partial charge < -0.3 is 24.6 Å². The number of urea groups is 1. The summed E-state index contributed by atoms with van der Waals surface area (Å²) < 4.78 is 6.73. The number of fused-ring (bicyclic) bond motifs is 2. The van der Waals surface area contributed by atoms with Crippen molar-refractivity contribution in [3.05, 3.63) is 80.4 Å². The van der Waals surface area contributed by atoms with Crippen LogP contribution < -0.4 is 16.0 Å². The van der Waals surface area contributed by atoms with Crippen molar-refractivity contribution in [2.75, 3.05) is 29.9 Å². The van der Waals surface area contributed by atoms with E-state index < -0.39 is 5.76 Å². The summed E-state index contributed by atoms with van der Waals surface area (Å²) in [4.78, 5) is 46.8. The second kappa shape index (κ2) is 10.0. The fourth-order valence-corrected chi connectivity index (χ4v) is 5.98. The highest BCUT2D eigenvalue weighted by molar-refractivity contribution is 6.30. The first kappa shape index (κ1) is 25.9. The predicted molar refractivity (Wildman–Crippen MR) is 152 cm³/mol. The van der Waals surface area contributed by atoms with Crippen LogP contribution in [-0.2, 0) is 13.5 Å². The molecule has 0 atom stereocenters. The number of carbonyl (C=O) groups excluding carboxylic acids is 2. The molecule has 2 amide bonds. The molecule has 40 heavy (non-hydrogen) atoms. The topological polar surface area (TPSA) is 121 Å². The van der Waals surface area contributed by atoms with Gasteiger partial charge in [-0.15, -0.1) is 0 Å². The number of hydrogen-bond acceptors (Lipinski definition) is 7. The quantitative estimate of drug-likeness (QED) is 0.214. The summed E-state index contributed by atoms with van der Waals surface area (Å²) in [5.41, 5.74) is 4.20. The fraction of sp³-hybridized carbons (Fsp3) is 0.310. The van der Waals surface area contributed by atoms with Crippen LogP contribution in [0.4, 0.5) is 16.3 Å². The standard InChI is InChI=1S/C29H28ClN5O5/c1-16-11-18(13-23-26(16)33(2)29(39)40-23)27(37)19-14-24(30)32-25(15-19)34-8-6-20(7-9-34)35-10-5-17-12-21(36)3-4-22(17)31-28(35)38/h3-4,11-15,20,36H,5-10H2,1-2H3,(H,31,38). The molecule has 11 heteroatoms. The highest BCUT2D eigenvalue weighted by atomic mass is 35.5. The Morgan fingerprint density at radius 3 is 2.60 bits per heavy atom. The molecule has 6 rings (SSSR count). The van der Waals surface area contributed by atoms with Gasteiger partial charge in [0, 0.05) is 49.5 Å². The van der Waals surface area contributed by atoms with Gasteiger partial charge in [-0.05, 0) is 79.8 Å². The maximum Gasteiger partial charge on any atom is 0.419 e. The second-order valence-corrected chi connectivity index (χ2v) is 10.8. The van der Waals surface area contributed by atoms with E-state index in [1.807, 2.05) is 11.8 Å². The Labute approximate surface area is 234 Å². The van der Waals surface area contributed by atoms with E-state index >= 15 is 0 Å². The van der Waals surface area contributed by atoms with Crippen LogP contribution in [0.2, 0.25) is 5.15 Å². The van der Waals surface area contributed by atoms with E-state index in [0.29, 0.717) is 54.1 Å². The fourth-order valence-electron chi connectivity index (χ4n) is 5.78. The number of rotatable bonds is 4. The Kier molecular flexibility index (Phi) is 6.50. The number of phenolic OH excluding ortho intramolecular Hbond substituents is 1. The maximum absolute atomic E-state index is 13.5. The number of benzene rings is 2. The molecule has 2 aliphatic rings.